The van der Waals surface area contributed by atoms with Crippen molar-refractivity contribution in [1.82, 2.24) is 4.98 Å². The maximum absolute atomic E-state index is 12.4. The van der Waals surface area contributed by atoms with Crippen LogP contribution in [0, 0.1) is 5.82 Å². The minimum atomic E-state index is -0.951. The van der Waals surface area contributed by atoms with Crippen molar-refractivity contribution in [2.24, 2.45) is 0 Å². The molecule has 0 spiro atoms. The molecule has 1 unspecified atom stereocenters. The highest BCUT2D eigenvalue weighted by Gasteiger charge is 2.21. The Morgan fingerprint density at radius 2 is 2.25 bits per heavy atom. The Balaban J connectivity index is 2.96. The molecule has 0 saturated carbocycles. The molecule has 0 bridgehead atoms. The molecule has 0 aliphatic heterocycles. The molecule has 0 aromatic carbocycles. The number of pyridine rings is 1. The van der Waals surface area contributed by atoms with Gasteiger partial charge in [-0.3, -0.25) is 4.98 Å². The van der Waals surface area contributed by atoms with E-state index in [2.05, 4.69) is 4.98 Å². The summed E-state index contributed by atoms with van der Waals surface area (Å²) in [7, 11) is 0. The number of halogens is 1. The van der Waals surface area contributed by atoms with Gasteiger partial charge in [-0.25, -0.2) is 4.39 Å². The third kappa shape index (κ3) is 1.80. The van der Waals surface area contributed by atoms with Gasteiger partial charge in [-0.1, -0.05) is 6.92 Å². The number of hydrogen-bond acceptors (Lipinski definition) is 2. The average Bonchev–Trinajstić information content (AvgIpc) is 2.05. The second kappa shape index (κ2) is 3.19. The molecule has 3 heteroatoms. The normalized spacial score (nSPS) is 15.7. The van der Waals surface area contributed by atoms with Gasteiger partial charge in [0.15, 0.2) is 0 Å². The Bertz CT molecular complexity index is 256. The molecule has 0 saturated heterocycles. The molecule has 12 heavy (non-hydrogen) atoms. The highest BCUT2D eigenvalue weighted by atomic mass is 19.1. The number of aliphatic hydroxyl groups is 1. The van der Waals surface area contributed by atoms with Crippen LogP contribution in [-0.4, -0.2) is 10.1 Å². The lowest BCUT2D eigenvalue weighted by atomic mass is 9.99. The van der Waals surface area contributed by atoms with Crippen LogP contribution in [0.4, 0.5) is 4.39 Å². The minimum absolute atomic E-state index is 0.384. The molecule has 0 amide bonds. The van der Waals surface area contributed by atoms with Gasteiger partial charge in [0, 0.05) is 0 Å². The van der Waals surface area contributed by atoms with Gasteiger partial charge in [-0.05, 0) is 25.5 Å². The SMILES string of the molecule is CCC(C)(O)c1ccc(F)cn1. The first-order valence-corrected chi connectivity index (χ1v) is 3.90. The first kappa shape index (κ1) is 9.13. The van der Waals surface area contributed by atoms with Crippen molar-refractivity contribution in [2.75, 3.05) is 0 Å². The lowest BCUT2D eigenvalue weighted by Gasteiger charge is -2.19. The van der Waals surface area contributed by atoms with E-state index in [1.54, 1.807) is 6.92 Å². The number of hydrogen-bond donors (Lipinski definition) is 1. The standard InChI is InChI=1S/C9H12FNO/c1-3-9(2,12)8-5-4-7(10)6-11-8/h4-6,12H,3H2,1-2H3. The smallest absolute Gasteiger partial charge is 0.141 e. The van der Waals surface area contributed by atoms with E-state index in [1.165, 1.54) is 12.1 Å². The second-order valence-electron chi connectivity index (χ2n) is 2.99. The van der Waals surface area contributed by atoms with Gasteiger partial charge in [0.05, 0.1) is 11.9 Å². The van der Waals surface area contributed by atoms with Gasteiger partial charge in [0.2, 0.25) is 0 Å². The van der Waals surface area contributed by atoms with Crippen molar-refractivity contribution in [2.45, 2.75) is 25.9 Å². The molecule has 1 aromatic heterocycles. The van der Waals surface area contributed by atoms with Crippen LogP contribution < -0.4 is 0 Å². The molecule has 1 heterocycles. The number of aromatic nitrogens is 1. The summed E-state index contributed by atoms with van der Waals surface area (Å²) >= 11 is 0. The van der Waals surface area contributed by atoms with E-state index >= 15 is 0 Å². The van der Waals surface area contributed by atoms with Crippen molar-refractivity contribution in [3.05, 3.63) is 29.8 Å². The largest absolute Gasteiger partial charge is 0.384 e. The van der Waals surface area contributed by atoms with Crippen molar-refractivity contribution >= 4 is 0 Å². The summed E-state index contributed by atoms with van der Waals surface area (Å²) in [4.78, 5) is 3.80. The molecule has 66 valence electrons. The van der Waals surface area contributed by atoms with Crippen LogP contribution >= 0.6 is 0 Å². The highest BCUT2D eigenvalue weighted by molar-refractivity contribution is 5.12. The van der Waals surface area contributed by atoms with E-state index in [1.807, 2.05) is 6.92 Å². The zero-order valence-electron chi connectivity index (χ0n) is 7.21. The van der Waals surface area contributed by atoms with Crippen molar-refractivity contribution < 1.29 is 9.50 Å². The van der Waals surface area contributed by atoms with Gasteiger partial charge in [-0.15, -0.1) is 0 Å². The van der Waals surface area contributed by atoms with Crippen molar-refractivity contribution in [1.29, 1.82) is 0 Å². The fraction of sp³-hybridized carbons (Fsp3) is 0.444. The monoisotopic (exact) mass is 169 g/mol. The van der Waals surface area contributed by atoms with Crippen molar-refractivity contribution in [3.8, 4) is 0 Å². The summed E-state index contributed by atoms with van der Waals surface area (Å²) in [5, 5.41) is 9.70. The Morgan fingerprint density at radius 3 is 2.67 bits per heavy atom. The molecule has 1 N–H and O–H groups in total. The maximum atomic E-state index is 12.4. The minimum Gasteiger partial charge on any atom is -0.384 e. The first-order chi connectivity index (χ1) is 5.56. The molecule has 0 fully saturated rings. The summed E-state index contributed by atoms with van der Waals surface area (Å²) in [6.07, 6.45) is 1.67. The van der Waals surface area contributed by atoms with E-state index in [-0.39, 0.29) is 5.82 Å². The highest BCUT2D eigenvalue weighted by Crippen LogP contribution is 2.21. The molecular formula is C9H12FNO. The third-order valence-electron chi connectivity index (χ3n) is 1.97. The van der Waals surface area contributed by atoms with E-state index in [0.717, 1.165) is 6.20 Å². The summed E-state index contributed by atoms with van der Waals surface area (Å²) in [6.45, 7) is 3.51. The van der Waals surface area contributed by atoms with Crippen LogP contribution in [0.5, 0.6) is 0 Å². The molecule has 1 rings (SSSR count). The third-order valence-corrected chi connectivity index (χ3v) is 1.97. The van der Waals surface area contributed by atoms with Gasteiger partial charge in [0.25, 0.3) is 0 Å². The Labute approximate surface area is 71.1 Å². The van der Waals surface area contributed by atoms with E-state index in [4.69, 9.17) is 0 Å². The summed E-state index contributed by atoms with van der Waals surface area (Å²) < 4.78 is 12.4. The van der Waals surface area contributed by atoms with Crippen LogP contribution in [0.2, 0.25) is 0 Å². The lowest BCUT2D eigenvalue weighted by molar-refractivity contribution is 0.0484. The predicted molar refractivity (Wildman–Crippen MR) is 44.1 cm³/mol. The van der Waals surface area contributed by atoms with Gasteiger partial charge in [0.1, 0.15) is 11.4 Å². The number of rotatable bonds is 2. The molecule has 2 nitrogen and oxygen atoms in total. The van der Waals surface area contributed by atoms with Gasteiger partial charge < -0.3 is 5.11 Å². The zero-order chi connectivity index (χ0) is 9.19. The summed E-state index contributed by atoms with van der Waals surface area (Å²) in [5.41, 5.74) is -0.445. The van der Waals surface area contributed by atoms with Crippen LogP contribution in [0.15, 0.2) is 18.3 Å². The maximum Gasteiger partial charge on any atom is 0.141 e. The van der Waals surface area contributed by atoms with Crippen molar-refractivity contribution in [3.63, 3.8) is 0 Å². The van der Waals surface area contributed by atoms with Gasteiger partial charge in [-0.2, -0.15) is 0 Å². The summed E-state index contributed by atoms with van der Waals surface area (Å²) in [5.74, 6) is -0.384. The van der Waals surface area contributed by atoms with Crippen LogP contribution in [0.25, 0.3) is 0 Å². The Hall–Kier alpha value is -0.960. The molecule has 0 aliphatic carbocycles. The van der Waals surface area contributed by atoms with E-state index < -0.39 is 5.60 Å². The molecular weight excluding hydrogens is 157 g/mol. The molecule has 0 radical (unpaired) electrons. The summed E-state index contributed by atoms with van der Waals surface area (Å²) in [6, 6.07) is 2.80. The lowest BCUT2D eigenvalue weighted by Crippen LogP contribution is -2.21. The van der Waals surface area contributed by atoms with Crippen LogP contribution in [0.3, 0.4) is 0 Å². The predicted octanol–water partition coefficient (Wildman–Crippen LogP) is 1.84. The van der Waals surface area contributed by atoms with Gasteiger partial charge >= 0.3 is 0 Å². The zero-order valence-corrected chi connectivity index (χ0v) is 7.21. The number of nitrogens with zero attached hydrogens (tertiary/aromatic N) is 1. The topological polar surface area (TPSA) is 33.1 Å². The second-order valence-corrected chi connectivity index (χ2v) is 2.99. The molecule has 1 aromatic rings. The van der Waals surface area contributed by atoms with Crippen LogP contribution in [-0.2, 0) is 5.60 Å². The van der Waals surface area contributed by atoms with E-state index in [0.29, 0.717) is 12.1 Å². The quantitative estimate of drug-likeness (QED) is 0.732. The Kier molecular flexibility index (Phi) is 2.43. The fourth-order valence-electron chi connectivity index (χ4n) is 0.876. The van der Waals surface area contributed by atoms with Crippen LogP contribution in [0.1, 0.15) is 26.0 Å². The average molecular weight is 169 g/mol. The molecule has 1 atom stereocenters. The fourth-order valence-corrected chi connectivity index (χ4v) is 0.876. The Morgan fingerprint density at radius 1 is 1.58 bits per heavy atom. The van der Waals surface area contributed by atoms with E-state index in [9.17, 15) is 9.50 Å². The molecule has 0 aliphatic rings. The first-order valence-electron chi connectivity index (χ1n) is 3.90.